The maximum atomic E-state index is 12.6. The van der Waals surface area contributed by atoms with Gasteiger partial charge in [0.05, 0.1) is 13.2 Å². The Labute approximate surface area is 261 Å². The first kappa shape index (κ1) is 34.4. The molecule has 1 fully saturated rings. The molecule has 0 unspecified atom stereocenters. The third-order valence-electron chi connectivity index (χ3n) is 7.83. The molecule has 0 heterocycles. The summed E-state index contributed by atoms with van der Waals surface area (Å²) in [5.41, 5.74) is 10.8. The summed E-state index contributed by atoms with van der Waals surface area (Å²) in [6.07, 6.45) is 11.0. The molecule has 44 heavy (non-hydrogen) atoms. The normalized spacial score (nSPS) is 16.0. The quantitative estimate of drug-likeness (QED) is 0.144. The molecule has 1 saturated carbocycles. The van der Waals surface area contributed by atoms with E-state index < -0.39 is 11.8 Å². The molecule has 4 N–H and O–H groups in total. The molecule has 0 aromatic heterocycles. The van der Waals surface area contributed by atoms with Crippen molar-refractivity contribution in [1.29, 1.82) is 0 Å². The van der Waals surface area contributed by atoms with Crippen molar-refractivity contribution in [2.75, 3.05) is 13.2 Å². The van der Waals surface area contributed by atoms with Crippen molar-refractivity contribution in [3.05, 3.63) is 59.7 Å². The van der Waals surface area contributed by atoms with E-state index in [1.165, 1.54) is 25.7 Å². The highest BCUT2D eigenvalue weighted by Gasteiger charge is 2.30. The molecule has 1 aliphatic rings. The Bertz CT molecular complexity index is 1080. The van der Waals surface area contributed by atoms with Crippen LogP contribution in [0.3, 0.4) is 0 Å². The highest BCUT2D eigenvalue weighted by atomic mass is 16.5. The summed E-state index contributed by atoms with van der Waals surface area (Å²) in [7, 11) is 0. The first-order valence-corrected chi connectivity index (χ1v) is 16.1. The van der Waals surface area contributed by atoms with Crippen LogP contribution < -0.4 is 31.2 Å². The lowest BCUT2D eigenvalue weighted by Crippen LogP contribution is -2.47. The van der Waals surface area contributed by atoms with Gasteiger partial charge in [0.1, 0.15) is 11.5 Å². The minimum absolute atomic E-state index is 0.286. The van der Waals surface area contributed by atoms with E-state index in [4.69, 9.17) is 9.47 Å². The lowest BCUT2D eigenvalue weighted by molar-refractivity contribution is -0.131. The first-order chi connectivity index (χ1) is 21.4. The average molecular weight is 609 g/mol. The second-order valence-corrected chi connectivity index (χ2v) is 11.3. The van der Waals surface area contributed by atoms with E-state index in [2.05, 4.69) is 35.6 Å². The van der Waals surface area contributed by atoms with E-state index in [0.717, 1.165) is 25.7 Å². The summed E-state index contributed by atoms with van der Waals surface area (Å²) in [6.45, 7) is 5.61. The Balaban J connectivity index is 1.31. The number of nitrogens with one attached hydrogen (secondary N) is 4. The fraction of sp³-hybridized carbons (Fsp3) is 0.529. The lowest BCUT2D eigenvalue weighted by Gasteiger charge is -2.27. The van der Waals surface area contributed by atoms with E-state index in [1.807, 2.05) is 0 Å². The Morgan fingerprint density at radius 1 is 0.545 bits per heavy atom. The topological polar surface area (TPSA) is 135 Å². The standard InChI is InChI=1S/C34H48N4O6/c1-3-5-7-9-23-43-29-19-15-27(16-20-29)33(41)37-35-31(39)25-11-13-26(14-12-25)32(40)36-38-34(42)28-17-21-30(22-18-28)44-24-10-8-6-4-2/h15-22,25-26H,3-14,23-24H2,1-2H3,(H,35,39)(H,36,40)(H,37,41)(H,38,42). The number of benzene rings is 2. The van der Waals surface area contributed by atoms with Gasteiger partial charge in [-0.15, -0.1) is 0 Å². The summed E-state index contributed by atoms with van der Waals surface area (Å²) >= 11 is 0. The predicted molar refractivity (Wildman–Crippen MR) is 169 cm³/mol. The number of unbranched alkanes of at least 4 members (excludes halogenated alkanes) is 6. The Morgan fingerprint density at radius 2 is 0.909 bits per heavy atom. The molecule has 0 spiro atoms. The van der Waals surface area contributed by atoms with E-state index >= 15 is 0 Å². The van der Waals surface area contributed by atoms with Gasteiger partial charge in [0, 0.05) is 23.0 Å². The van der Waals surface area contributed by atoms with Gasteiger partial charge in [-0.2, -0.15) is 0 Å². The SMILES string of the molecule is CCCCCCOc1ccc(C(=O)NNC(=O)C2CCC(C(=O)NNC(=O)c3ccc(OCCCCCC)cc3)CC2)cc1. The number of carbonyl (C=O) groups is 4. The molecule has 0 aliphatic heterocycles. The third kappa shape index (κ3) is 11.9. The minimum Gasteiger partial charge on any atom is -0.494 e. The van der Waals surface area contributed by atoms with E-state index in [-0.39, 0.29) is 23.7 Å². The number of hydrogen-bond acceptors (Lipinski definition) is 6. The highest BCUT2D eigenvalue weighted by molar-refractivity contribution is 5.96. The summed E-state index contributed by atoms with van der Waals surface area (Å²) < 4.78 is 11.4. The predicted octanol–water partition coefficient (Wildman–Crippen LogP) is 5.63. The van der Waals surface area contributed by atoms with Crippen LogP contribution in [0, 0.1) is 11.8 Å². The number of rotatable bonds is 16. The number of hydrazine groups is 2. The zero-order chi connectivity index (χ0) is 31.6. The molecule has 240 valence electrons. The second kappa shape index (κ2) is 19.2. The van der Waals surface area contributed by atoms with Gasteiger partial charge in [0.2, 0.25) is 11.8 Å². The van der Waals surface area contributed by atoms with Crippen molar-refractivity contribution in [1.82, 2.24) is 21.7 Å². The van der Waals surface area contributed by atoms with Crippen LogP contribution in [0.4, 0.5) is 0 Å². The fourth-order valence-electron chi connectivity index (χ4n) is 5.05. The number of hydrogen-bond donors (Lipinski definition) is 4. The van der Waals surface area contributed by atoms with Gasteiger partial charge in [0.15, 0.2) is 0 Å². The number of amides is 4. The van der Waals surface area contributed by atoms with Gasteiger partial charge in [-0.1, -0.05) is 52.4 Å². The van der Waals surface area contributed by atoms with Crippen molar-refractivity contribution in [3.8, 4) is 11.5 Å². The second-order valence-electron chi connectivity index (χ2n) is 11.3. The average Bonchev–Trinajstić information content (AvgIpc) is 3.06. The molecule has 1 aliphatic carbocycles. The molecule has 2 aromatic rings. The zero-order valence-electron chi connectivity index (χ0n) is 26.1. The van der Waals surface area contributed by atoms with Crippen LogP contribution in [0.25, 0.3) is 0 Å². The Kier molecular flexibility index (Phi) is 15.1. The third-order valence-corrected chi connectivity index (χ3v) is 7.83. The molecule has 0 bridgehead atoms. The van der Waals surface area contributed by atoms with E-state index in [9.17, 15) is 19.2 Å². The summed E-state index contributed by atoms with van der Waals surface area (Å²) in [5, 5.41) is 0. The van der Waals surface area contributed by atoms with Gasteiger partial charge >= 0.3 is 0 Å². The highest BCUT2D eigenvalue weighted by Crippen LogP contribution is 2.29. The van der Waals surface area contributed by atoms with Crippen LogP contribution in [-0.4, -0.2) is 36.8 Å². The van der Waals surface area contributed by atoms with Crippen LogP contribution >= 0.6 is 0 Å². The molecule has 0 atom stereocenters. The molecular weight excluding hydrogens is 560 g/mol. The molecular formula is C34H48N4O6. The van der Waals surface area contributed by atoms with Crippen LogP contribution in [0.1, 0.15) is 112 Å². The molecule has 2 aromatic carbocycles. The minimum atomic E-state index is -0.416. The van der Waals surface area contributed by atoms with Crippen molar-refractivity contribution < 1.29 is 28.7 Å². The van der Waals surface area contributed by atoms with Gasteiger partial charge in [-0.25, -0.2) is 0 Å². The van der Waals surface area contributed by atoms with Crippen molar-refractivity contribution >= 4 is 23.6 Å². The number of ether oxygens (including phenoxy) is 2. The zero-order valence-corrected chi connectivity index (χ0v) is 26.1. The molecule has 0 radical (unpaired) electrons. The molecule has 0 saturated heterocycles. The first-order valence-electron chi connectivity index (χ1n) is 16.1. The molecule has 10 heteroatoms. The molecule has 10 nitrogen and oxygen atoms in total. The Hall–Kier alpha value is -4.08. The van der Waals surface area contributed by atoms with Crippen LogP contribution in [-0.2, 0) is 9.59 Å². The van der Waals surface area contributed by atoms with E-state index in [0.29, 0.717) is 61.5 Å². The summed E-state index contributed by atoms with van der Waals surface area (Å²) in [6, 6.07) is 13.6. The largest absolute Gasteiger partial charge is 0.494 e. The van der Waals surface area contributed by atoms with Crippen LogP contribution in [0.15, 0.2) is 48.5 Å². The lowest BCUT2D eigenvalue weighted by atomic mass is 9.81. The number of carbonyl (C=O) groups excluding carboxylic acids is 4. The van der Waals surface area contributed by atoms with Gasteiger partial charge in [0.25, 0.3) is 11.8 Å². The maximum Gasteiger partial charge on any atom is 0.269 e. The summed E-state index contributed by atoms with van der Waals surface area (Å²) in [5.74, 6) is -0.626. The van der Waals surface area contributed by atoms with Crippen molar-refractivity contribution in [2.45, 2.75) is 90.9 Å². The van der Waals surface area contributed by atoms with Crippen molar-refractivity contribution in [2.24, 2.45) is 11.8 Å². The smallest absolute Gasteiger partial charge is 0.269 e. The fourth-order valence-corrected chi connectivity index (χ4v) is 5.05. The monoisotopic (exact) mass is 608 g/mol. The van der Waals surface area contributed by atoms with Crippen molar-refractivity contribution in [3.63, 3.8) is 0 Å². The molecule has 4 amide bonds. The molecule has 3 rings (SSSR count). The van der Waals surface area contributed by atoms with Crippen LogP contribution in [0.2, 0.25) is 0 Å². The summed E-state index contributed by atoms with van der Waals surface area (Å²) in [4.78, 5) is 50.2. The van der Waals surface area contributed by atoms with E-state index in [1.54, 1.807) is 48.5 Å². The maximum absolute atomic E-state index is 12.6. The Morgan fingerprint density at radius 3 is 1.25 bits per heavy atom. The van der Waals surface area contributed by atoms with Gasteiger partial charge < -0.3 is 9.47 Å². The van der Waals surface area contributed by atoms with Crippen LogP contribution in [0.5, 0.6) is 11.5 Å². The van der Waals surface area contributed by atoms with Gasteiger partial charge in [-0.3, -0.25) is 40.9 Å². The van der Waals surface area contributed by atoms with Gasteiger partial charge in [-0.05, 0) is 87.1 Å².